The van der Waals surface area contributed by atoms with Gasteiger partial charge in [-0.25, -0.2) is 0 Å². The highest BCUT2D eigenvalue weighted by molar-refractivity contribution is 5.79. The van der Waals surface area contributed by atoms with Crippen LogP contribution in [0.3, 0.4) is 0 Å². The zero-order chi connectivity index (χ0) is 10.1. The van der Waals surface area contributed by atoms with Crippen LogP contribution in [0.1, 0.15) is 22.7 Å². The van der Waals surface area contributed by atoms with Crippen molar-refractivity contribution in [3.8, 4) is 0 Å². The number of benzene rings is 1. The van der Waals surface area contributed by atoms with E-state index in [9.17, 15) is 4.79 Å². The summed E-state index contributed by atoms with van der Waals surface area (Å²) in [6, 6.07) is 5.16. The van der Waals surface area contributed by atoms with Gasteiger partial charge in [0, 0.05) is 6.54 Å². The van der Waals surface area contributed by atoms with Crippen molar-refractivity contribution >= 4 is 12.0 Å². The fourth-order valence-corrected chi connectivity index (χ4v) is 1.84. The number of aliphatic carboxylic acids is 1. The van der Waals surface area contributed by atoms with Crippen LogP contribution in [0.2, 0.25) is 0 Å². The molecule has 2 N–H and O–H groups in total. The fraction of sp³-hybridized carbons (Fsp3) is 0.182. The lowest BCUT2D eigenvalue weighted by atomic mass is 9.98. The maximum Gasteiger partial charge on any atom is 0.325 e. The fourth-order valence-electron chi connectivity index (χ4n) is 1.84. The average Bonchev–Trinajstić information content (AvgIpc) is 2.60. The second kappa shape index (κ2) is 3.27. The third-order valence-electron chi connectivity index (χ3n) is 2.48. The van der Waals surface area contributed by atoms with E-state index in [4.69, 9.17) is 5.11 Å². The molecule has 1 atom stereocenters. The van der Waals surface area contributed by atoms with Crippen molar-refractivity contribution in [2.75, 3.05) is 0 Å². The van der Waals surface area contributed by atoms with Gasteiger partial charge >= 0.3 is 5.97 Å². The monoisotopic (exact) mass is 189 g/mol. The Morgan fingerprint density at radius 3 is 3.07 bits per heavy atom. The molecule has 1 aromatic carbocycles. The van der Waals surface area contributed by atoms with Crippen LogP contribution in [0.15, 0.2) is 24.8 Å². The number of hydrogen-bond acceptors (Lipinski definition) is 2. The molecular formula is C11H11NO2. The van der Waals surface area contributed by atoms with Gasteiger partial charge in [-0.2, -0.15) is 0 Å². The molecule has 0 spiro atoms. The Morgan fingerprint density at radius 1 is 1.64 bits per heavy atom. The molecule has 1 unspecified atom stereocenters. The zero-order valence-corrected chi connectivity index (χ0v) is 7.66. The minimum absolute atomic E-state index is 0.584. The molecule has 1 aliphatic rings. The molecule has 14 heavy (non-hydrogen) atoms. The summed E-state index contributed by atoms with van der Waals surface area (Å²) >= 11 is 0. The Hall–Kier alpha value is -1.61. The number of carbonyl (C=O) groups is 1. The van der Waals surface area contributed by atoms with E-state index in [1.165, 1.54) is 0 Å². The summed E-state index contributed by atoms with van der Waals surface area (Å²) in [6.07, 6.45) is 1.70. The molecule has 1 aliphatic heterocycles. The SMILES string of the molecule is C=Cc1cccc2c1C(C(=O)O)NC2. The standard InChI is InChI=1S/C11H11NO2/c1-2-7-4-3-5-8-6-12-10(9(7)8)11(13)14/h2-5,10,12H,1,6H2,(H,13,14). The maximum atomic E-state index is 10.9. The van der Waals surface area contributed by atoms with Crippen LogP contribution in [0, 0.1) is 0 Å². The van der Waals surface area contributed by atoms with E-state index in [0.29, 0.717) is 6.54 Å². The number of carboxylic acid groups (broad SMARTS) is 1. The number of fused-ring (bicyclic) bond motifs is 1. The smallest absolute Gasteiger partial charge is 0.325 e. The summed E-state index contributed by atoms with van der Waals surface area (Å²) in [6.45, 7) is 4.30. The molecule has 0 fully saturated rings. The minimum Gasteiger partial charge on any atom is -0.480 e. The van der Waals surface area contributed by atoms with Crippen LogP contribution in [0.4, 0.5) is 0 Å². The predicted molar refractivity (Wildman–Crippen MR) is 53.7 cm³/mol. The number of nitrogens with one attached hydrogen (secondary N) is 1. The van der Waals surface area contributed by atoms with E-state index in [1.54, 1.807) is 6.08 Å². The molecule has 3 nitrogen and oxygen atoms in total. The zero-order valence-electron chi connectivity index (χ0n) is 7.66. The molecule has 0 amide bonds. The normalized spacial score (nSPS) is 19.0. The molecule has 2 rings (SSSR count). The Kier molecular flexibility index (Phi) is 2.09. The van der Waals surface area contributed by atoms with Crippen molar-refractivity contribution in [2.24, 2.45) is 0 Å². The molecule has 0 saturated heterocycles. The van der Waals surface area contributed by atoms with Crippen molar-refractivity contribution in [3.05, 3.63) is 41.5 Å². The number of hydrogen-bond donors (Lipinski definition) is 2. The van der Waals surface area contributed by atoms with Gasteiger partial charge in [-0.05, 0) is 16.7 Å². The van der Waals surface area contributed by atoms with Gasteiger partial charge in [0.15, 0.2) is 0 Å². The molecule has 0 aliphatic carbocycles. The largest absolute Gasteiger partial charge is 0.480 e. The van der Waals surface area contributed by atoms with E-state index in [1.807, 2.05) is 18.2 Å². The first-order valence-electron chi connectivity index (χ1n) is 4.44. The summed E-state index contributed by atoms with van der Waals surface area (Å²) in [7, 11) is 0. The van der Waals surface area contributed by atoms with Crippen LogP contribution in [-0.4, -0.2) is 11.1 Å². The summed E-state index contributed by atoms with van der Waals surface area (Å²) < 4.78 is 0. The topological polar surface area (TPSA) is 49.3 Å². The van der Waals surface area contributed by atoms with Gasteiger partial charge in [0.05, 0.1) is 0 Å². The highest BCUT2D eigenvalue weighted by Gasteiger charge is 2.29. The van der Waals surface area contributed by atoms with Crippen LogP contribution in [0.25, 0.3) is 6.08 Å². The van der Waals surface area contributed by atoms with Gasteiger partial charge in [0.1, 0.15) is 6.04 Å². The van der Waals surface area contributed by atoms with Gasteiger partial charge in [-0.1, -0.05) is 30.9 Å². The van der Waals surface area contributed by atoms with Gasteiger partial charge in [-0.3, -0.25) is 10.1 Å². The first kappa shape index (κ1) is 8.97. The Morgan fingerprint density at radius 2 is 2.43 bits per heavy atom. The Labute approximate surface area is 82.1 Å². The third-order valence-corrected chi connectivity index (χ3v) is 2.48. The average molecular weight is 189 g/mol. The van der Waals surface area contributed by atoms with Gasteiger partial charge in [0.25, 0.3) is 0 Å². The molecule has 0 aromatic heterocycles. The van der Waals surface area contributed by atoms with E-state index in [2.05, 4.69) is 11.9 Å². The van der Waals surface area contributed by atoms with Crippen LogP contribution < -0.4 is 5.32 Å². The van der Waals surface area contributed by atoms with E-state index >= 15 is 0 Å². The second-order valence-electron chi connectivity index (χ2n) is 3.28. The molecular weight excluding hydrogens is 178 g/mol. The van der Waals surface area contributed by atoms with Crippen molar-refractivity contribution in [1.82, 2.24) is 5.32 Å². The third kappa shape index (κ3) is 1.22. The summed E-state index contributed by atoms with van der Waals surface area (Å²) in [5.41, 5.74) is 2.81. The first-order valence-corrected chi connectivity index (χ1v) is 4.44. The Bertz CT molecular complexity index is 398. The second-order valence-corrected chi connectivity index (χ2v) is 3.28. The number of rotatable bonds is 2. The van der Waals surface area contributed by atoms with E-state index in [0.717, 1.165) is 16.7 Å². The van der Waals surface area contributed by atoms with Crippen LogP contribution in [0.5, 0.6) is 0 Å². The summed E-state index contributed by atoms with van der Waals surface area (Å²) in [5.74, 6) is -0.835. The predicted octanol–water partition coefficient (Wildman–Crippen LogP) is 1.56. The Balaban J connectivity index is 2.56. The molecule has 0 radical (unpaired) electrons. The maximum absolute atomic E-state index is 10.9. The first-order chi connectivity index (χ1) is 6.74. The summed E-state index contributed by atoms with van der Waals surface area (Å²) in [5, 5.41) is 11.9. The molecule has 1 heterocycles. The van der Waals surface area contributed by atoms with Crippen LogP contribution in [-0.2, 0) is 11.3 Å². The van der Waals surface area contributed by atoms with Crippen molar-refractivity contribution in [1.29, 1.82) is 0 Å². The van der Waals surface area contributed by atoms with Gasteiger partial charge < -0.3 is 5.11 Å². The minimum atomic E-state index is -0.835. The highest BCUT2D eigenvalue weighted by Crippen LogP contribution is 2.29. The lowest BCUT2D eigenvalue weighted by Gasteiger charge is -2.08. The molecule has 0 saturated carbocycles. The van der Waals surface area contributed by atoms with Gasteiger partial charge in [0.2, 0.25) is 0 Å². The number of carboxylic acids is 1. The molecule has 72 valence electrons. The van der Waals surface area contributed by atoms with E-state index in [-0.39, 0.29) is 0 Å². The lowest BCUT2D eigenvalue weighted by molar-refractivity contribution is -0.139. The summed E-state index contributed by atoms with van der Waals surface area (Å²) in [4.78, 5) is 10.9. The quantitative estimate of drug-likeness (QED) is 0.742. The highest BCUT2D eigenvalue weighted by atomic mass is 16.4. The van der Waals surface area contributed by atoms with Crippen LogP contribution >= 0.6 is 0 Å². The van der Waals surface area contributed by atoms with E-state index < -0.39 is 12.0 Å². The van der Waals surface area contributed by atoms with Crippen molar-refractivity contribution in [3.63, 3.8) is 0 Å². The lowest BCUT2D eigenvalue weighted by Crippen LogP contribution is -2.21. The van der Waals surface area contributed by atoms with Gasteiger partial charge in [-0.15, -0.1) is 0 Å². The molecule has 0 bridgehead atoms. The molecule has 1 aromatic rings. The van der Waals surface area contributed by atoms with Crippen molar-refractivity contribution in [2.45, 2.75) is 12.6 Å². The molecule has 3 heteroatoms. The van der Waals surface area contributed by atoms with Crippen molar-refractivity contribution < 1.29 is 9.90 Å².